The quantitative estimate of drug-likeness (QED) is 0.880. The maximum atomic E-state index is 13.8. The third-order valence-corrected chi connectivity index (χ3v) is 2.73. The number of carbonyl (C=O) groups is 1. The molecule has 0 radical (unpaired) electrons. The predicted octanol–water partition coefficient (Wildman–Crippen LogP) is 2.14. The van der Waals surface area contributed by atoms with Crippen molar-refractivity contribution < 1.29 is 18.8 Å². The third kappa shape index (κ3) is 2.54. The second kappa shape index (κ2) is 5.05. The van der Waals surface area contributed by atoms with E-state index in [4.69, 9.17) is 9.63 Å². The van der Waals surface area contributed by atoms with E-state index in [1.165, 1.54) is 6.20 Å². The standard InChI is InChI=1S/C12H12FN3O3/c1-6-9(7(2)19-16-6)5-15-11-10(13)8(12(17)18)3-4-14-11/h3-4H,5H2,1-2H3,(H,14,15)(H,17,18). The van der Waals surface area contributed by atoms with Gasteiger partial charge in [-0.15, -0.1) is 0 Å². The van der Waals surface area contributed by atoms with Crippen LogP contribution in [0.2, 0.25) is 0 Å². The zero-order valence-corrected chi connectivity index (χ0v) is 10.4. The average Bonchev–Trinajstić information content (AvgIpc) is 2.68. The van der Waals surface area contributed by atoms with Gasteiger partial charge in [0.15, 0.2) is 11.6 Å². The van der Waals surface area contributed by atoms with Gasteiger partial charge in [0.25, 0.3) is 0 Å². The van der Waals surface area contributed by atoms with Crippen LogP contribution < -0.4 is 5.32 Å². The summed E-state index contributed by atoms with van der Waals surface area (Å²) < 4.78 is 18.8. The minimum atomic E-state index is -1.33. The van der Waals surface area contributed by atoms with Gasteiger partial charge in [-0.2, -0.15) is 0 Å². The Balaban J connectivity index is 2.21. The van der Waals surface area contributed by atoms with Crippen LogP contribution in [-0.4, -0.2) is 21.2 Å². The second-order valence-electron chi connectivity index (χ2n) is 3.98. The SMILES string of the molecule is Cc1noc(C)c1CNc1nccc(C(=O)O)c1F. The Morgan fingerprint density at radius 1 is 1.53 bits per heavy atom. The highest BCUT2D eigenvalue weighted by molar-refractivity contribution is 5.88. The van der Waals surface area contributed by atoms with Crippen LogP contribution in [-0.2, 0) is 6.54 Å². The lowest BCUT2D eigenvalue weighted by Gasteiger charge is -2.07. The second-order valence-corrected chi connectivity index (χ2v) is 3.98. The van der Waals surface area contributed by atoms with E-state index in [1.807, 2.05) is 0 Å². The number of pyridine rings is 1. The van der Waals surface area contributed by atoms with Crippen LogP contribution in [0.25, 0.3) is 0 Å². The molecule has 0 aliphatic rings. The maximum absolute atomic E-state index is 13.8. The van der Waals surface area contributed by atoms with Crippen LogP contribution in [0.4, 0.5) is 10.2 Å². The maximum Gasteiger partial charge on any atom is 0.338 e. The molecule has 0 bridgehead atoms. The van der Waals surface area contributed by atoms with Crippen molar-refractivity contribution in [2.75, 3.05) is 5.32 Å². The molecule has 0 saturated carbocycles. The summed E-state index contributed by atoms with van der Waals surface area (Å²) in [5.41, 5.74) is 1.07. The summed E-state index contributed by atoms with van der Waals surface area (Å²) in [5.74, 6) is -1.71. The minimum Gasteiger partial charge on any atom is -0.478 e. The fraction of sp³-hybridized carbons (Fsp3) is 0.250. The Labute approximate surface area is 108 Å². The summed E-state index contributed by atoms with van der Waals surface area (Å²) in [6.45, 7) is 3.77. The van der Waals surface area contributed by atoms with Gasteiger partial charge in [-0.05, 0) is 19.9 Å². The number of hydrogen-bond acceptors (Lipinski definition) is 5. The number of rotatable bonds is 4. The molecular formula is C12H12FN3O3. The van der Waals surface area contributed by atoms with Crippen molar-refractivity contribution in [2.24, 2.45) is 0 Å². The molecular weight excluding hydrogens is 253 g/mol. The van der Waals surface area contributed by atoms with E-state index < -0.39 is 17.3 Å². The van der Waals surface area contributed by atoms with Crippen molar-refractivity contribution in [1.29, 1.82) is 0 Å². The predicted molar refractivity (Wildman–Crippen MR) is 64.5 cm³/mol. The largest absolute Gasteiger partial charge is 0.478 e. The van der Waals surface area contributed by atoms with E-state index >= 15 is 0 Å². The Morgan fingerprint density at radius 3 is 2.84 bits per heavy atom. The van der Waals surface area contributed by atoms with E-state index in [-0.39, 0.29) is 12.4 Å². The molecule has 7 heteroatoms. The number of carboxylic acid groups (broad SMARTS) is 1. The average molecular weight is 265 g/mol. The summed E-state index contributed by atoms with van der Waals surface area (Å²) in [6, 6.07) is 1.11. The molecule has 100 valence electrons. The van der Waals surface area contributed by atoms with Crippen LogP contribution in [0.5, 0.6) is 0 Å². The molecule has 0 aliphatic carbocycles. The van der Waals surface area contributed by atoms with E-state index in [0.717, 1.165) is 11.6 Å². The van der Waals surface area contributed by atoms with Crippen molar-refractivity contribution in [3.05, 3.63) is 40.7 Å². The number of aryl methyl sites for hydroxylation is 2. The molecule has 0 saturated heterocycles. The van der Waals surface area contributed by atoms with E-state index in [0.29, 0.717) is 11.5 Å². The lowest BCUT2D eigenvalue weighted by molar-refractivity contribution is 0.0692. The highest BCUT2D eigenvalue weighted by Gasteiger charge is 2.16. The number of aromatic nitrogens is 2. The number of anilines is 1. The van der Waals surface area contributed by atoms with Gasteiger partial charge in [-0.25, -0.2) is 14.2 Å². The van der Waals surface area contributed by atoms with Gasteiger partial charge in [0, 0.05) is 18.3 Å². The molecule has 0 spiro atoms. The van der Waals surface area contributed by atoms with Gasteiger partial charge in [0.2, 0.25) is 0 Å². The normalized spacial score (nSPS) is 10.5. The molecule has 0 amide bonds. The van der Waals surface area contributed by atoms with Crippen molar-refractivity contribution in [1.82, 2.24) is 10.1 Å². The van der Waals surface area contributed by atoms with Crippen molar-refractivity contribution in [3.8, 4) is 0 Å². The summed E-state index contributed by atoms with van der Waals surface area (Å²) in [4.78, 5) is 14.6. The Hall–Kier alpha value is -2.44. The number of carboxylic acids is 1. The van der Waals surface area contributed by atoms with Crippen LogP contribution in [0.3, 0.4) is 0 Å². The van der Waals surface area contributed by atoms with Crippen LogP contribution in [0, 0.1) is 19.7 Å². The van der Waals surface area contributed by atoms with Crippen LogP contribution in [0.15, 0.2) is 16.8 Å². The van der Waals surface area contributed by atoms with E-state index in [2.05, 4.69) is 15.5 Å². The zero-order chi connectivity index (χ0) is 14.0. The number of nitrogens with zero attached hydrogens (tertiary/aromatic N) is 2. The van der Waals surface area contributed by atoms with E-state index in [9.17, 15) is 9.18 Å². The Bertz CT molecular complexity index is 605. The molecule has 0 aromatic carbocycles. The molecule has 2 heterocycles. The summed E-state index contributed by atoms with van der Waals surface area (Å²) in [5, 5.41) is 15.3. The molecule has 2 aromatic rings. The smallest absolute Gasteiger partial charge is 0.338 e. The molecule has 2 rings (SSSR count). The minimum absolute atomic E-state index is 0.111. The molecule has 0 fully saturated rings. The first-order valence-corrected chi connectivity index (χ1v) is 5.54. The summed E-state index contributed by atoms with van der Waals surface area (Å²) in [6.07, 6.45) is 1.24. The van der Waals surface area contributed by atoms with Crippen LogP contribution >= 0.6 is 0 Å². The van der Waals surface area contributed by atoms with Crippen LogP contribution in [0.1, 0.15) is 27.4 Å². The first-order valence-electron chi connectivity index (χ1n) is 5.54. The molecule has 2 aromatic heterocycles. The third-order valence-electron chi connectivity index (χ3n) is 2.73. The van der Waals surface area contributed by atoms with Gasteiger partial charge in [-0.1, -0.05) is 5.16 Å². The van der Waals surface area contributed by atoms with E-state index in [1.54, 1.807) is 13.8 Å². The van der Waals surface area contributed by atoms with Gasteiger partial charge in [0.1, 0.15) is 11.3 Å². The van der Waals surface area contributed by atoms with Crippen molar-refractivity contribution in [2.45, 2.75) is 20.4 Å². The lowest BCUT2D eigenvalue weighted by Crippen LogP contribution is -2.09. The molecule has 0 aliphatic heterocycles. The number of hydrogen-bond donors (Lipinski definition) is 2. The Morgan fingerprint density at radius 2 is 2.26 bits per heavy atom. The number of nitrogens with one attached hydrogen (secondary N) is 1. The number of aromatic carboxylic acids is 1. The molecule has 2 N–H and O–H groups in total. The summed E-state index contributed by atoms with van der Waals surface area (Å²) >= 11 is 0. The monoisotopic (exact) mass is 265 g/mol. The molecule has 0 unspecified atom stereocenters. The zero-order valence-electron chi connectivity index (χ0n) is 10.4. The lowest BCUT2D eigenvalue weighted by atomic mass is 10.2. The van der Waals surface area contributed by atoms with Gasteiger partial charge in [0.05, 0.1) is 5.69 Å². The first-order chi connectivity index (χ1) is 9.00. The topological polar surface area (TPSA) is 88.3 Å². The fourth-order valence-corrected chi connectivity index (χ4v) is 1.66. The number of halogens is 1. The molecule has 19 heavy (non-hydrogen) atoms. The van der Waals surface area contributed by atoms with Gasteiger partial charge in [-0.3, -0.25) is 0 Å². The van der Waals surface area contributed by atoms with Crippen molar-refractivity contribution >= 4 is 11.8 Å². The molecule has 6 nitrogen and oxygen atoms in total. The van der Waals surface area contributed by atoms with Crippen molar-refractivity contribution in [3.63, 3.8) is 0 Å². The fourth-order valence-electron chi connectivity index (χ4n) is 1.66. The Kier molecular flexibility index (Phi) is 3.46. The van der Waals surface area contributed by atoms with Gasteiger partial charge >= 0.3 is 5.97 Å². The van der Waals surface area contributed by atoms with Gasteiger partial charge < -0.3 is 14.9 Å². The first kappa shape index (κ1) is 13.0. The highest BCUT2D eigenvalue weighted by Crippen LogP contribution is 2.18. The highest BCUT2D eigenvalue weighted by atomic mass is 19.1. The molecule has 0 atom stereocenters. The summed E-state index contributed by atoms with van der Waals surface area (Å²) in [7, 11) is 0.